The van der Waals surface area contributed by atoms with E-state index < -0.39 is 0 Å². The molecular formula is C22H29IN6O. The molecule has 30 heavy (non-hydrogen) atoms. The number of imidazole rings is 1. The van der Waals surface area contributed by atoms with Crippen LogP contribution < -0.4 is 10.6 Å². The number of carbonyl (C=O) groups excluding carboxylic acids is 1. The molecule has 8 heteroatoms. The van der Waals surface area contributed by atoms with Crippen molar-refractivity contribution >= 4 is 41.5 Å². The zero-order valence-electron chi connectivity index (χ0n) is 17.4. The molecule has 0 saturated carbocycles. The molecule has 2 N–H and O–H groups in total. The number of nitrogens with one attached hydrogen (secondary N) is 2. The molecule has 2 unspecified atom stereocenters. The quantitative estimate of drug-likeness (QED) is 0.275. The normalized spacial score (nSPS) is 18.8. The first-order valence-electron chi connectivity index (χ1n) is 9.98. The van der Waals surface area contributed by atoms with Gasteiger partial charge in [0.05, 0.1) is 12.4 Å². The van der Waals surface area contributed by atoms with Crippen LogP contribution in [0.15, 0.2) is 48.0 Å². The van der Waals surface area contributed by atoms with Gasteiger partial charge in [-0.15, -0.1) is 30.4 Å². The number of halogens is 1. The molecule has 1 saturated heterocycles. The lowest BCUT2D eigenvalue weighted by Gasteiger charge is -2.39. The summed E-state index contributed by atoms with van der Waals surface area (Å²) in [5, 5.41) is 6.17. The molecule has 1 aliphatic rings. The van der Waals surface area contributed by atoms with Crippen LogP contribution >= 0.6 is 24.0 Å². The first-order chi connectivity index (χ1) is 14.1. The van der Waals surface area contributed by atoms with Crippen molar-refractivity contribution in [1.29, 1.82) is 0 Å². The fraction of sp³-hybridized carbons (Fsp3) is 0.409. The van der Waals surface area contributed by atoms with Crippen molar-refractivity contribution in [2.24, 2.45) is 10.9 Å². The Morgan fingerprint density at radius 1 is 1.43 bits per heavy atom. The Hall–Kier alpha value is -2.54. The largest absolute Gasteiger partial charge is 0.357 e. The van der Waals surface area contributed by atoms with Gasteiger partial charge in [-0.25, -0.2) is 9.98 Å². The summed E-state index contributed by atoms with van der Waals surface area (Å²) in [6.07, 6.45) is 12.2. The fourth-order valence-electron chi connectivity index (χ4n) is 3.55. The number of terminal acetylenes is 1. The zero-order valence-corrected chi connectivity index (χ0v) is 19.7. The summed E-state index contributed by atoms with van der Waals surface area (Å²) >= 11 is 0. The van der Waals surface area contributed by atoms with Gasteiger partial charge in [-0.2, -0.15) is 0 Å². The molecule has 0 spiro atoms. The van der Waals surface area contributed by atoms with Crippen LogP contribution in [0.1, 0.15) is 31.9 Å². The molecule has 160 valence electrons. The van der Waals surface area contributed by atoms with Gasteiger partial charge in [-0.3, -0.25) is 4.79 Å². The average Bonchev–Trinajstić information content (AvgIpc) is 3.26. The first-order valence-corrected chi connectivity index (χ1v) is 9.98. The molecule has 2 aromatic rings. The van der Waals surface area contributed by atoms with Crippen molar-refractivity contribution < 1.29 is 4.79 Å². The van der Waals surface area contributed by atoms with Gasteiger partial charge >= 0.3 is 0 Å². The van der Waals surface area contributed by atoms with Gasteiger partial charge < -0.3 is 20.1 Å². The first kappa shape index (κ1) is 23.7. The van der Waals surface area contributed by atoms with Crippen LogP contribution in [-0.4, -0.2) is 52.5 Å². The molecule has 2 atom stereocenters. The van der Waals surface area contributed by atoms with Crippen molar-refractivity contribution in [2.75, 3.05) is 31.5 Å². The summed E-state index contributed by atoms with van der Waals surface area (Å²) < 4.78 is 2.16. The summed E-state index contributed by atoms with van der Waals surface area (Å²) in [4.78, 5) is 23.4. The van der Waals surface area contributed by atoms with E-state index in [2.05, 4.69) is 42.9 Å². The summed E-state index contributed by atoms with van der Waals surface area (Å²) in [6, 6.07) is 7.56. The van der Waals surface area contributed by atoms with E-state index in [1.807, 2.05) is 43.8 Å². The molecule has 7 nitrogen and oxygen atoms in total. The minimum absolute atomic E-state index is 0. The zero-order chi connectivity index (χ0) is 20.6. The van der Waals surface area contributed by atoms with Crippen LogP contribution in [0.5, 0.6) is 0 Å². The van der Waals surface area contributed by atoms with Crippen LogP contribution in [0.4, 0.5) is 5.69 Å². The van der Waals surface area contributed by atoms with E-state index in [9.17, 15) is 4.79 Å². The van der Waals surface area contributed by atoms with E-state index in [-0.39, 0.29) is 36.4 Å². The number of aliphatic imine (C=N–C) groups is 1. The predicted molar refractivity (Wildman–Crippen MR) is 131 cm³/mol. The van der Waals surface area contributed by atoms with E-state index in [1.165, 1.54) is 0 Å². The standard InChI is InChI=1S/C22H28N6O.HI/c1-4-18-7-6-8-19(13-18)26-21(29)14-25-22(24-5-2)27-11-9-17(3)20(15-27)28-12-10-23-16-28;/h1,6-8,10,12-13,16-17,20H,5,9,11,14-15H2,2-3H3,(H,24,25)(H,26,29);1H. The Morgan fingerprint density at radius 2 is 2.27 bits per heavy atom. The Morgan fingerprint density at radius 3 is 2.97 bits per heavy atom. The lowest BCUT2D eigenvalue weighted by Crippen LogP contribution is -2.49. The molecule has 3 rings (SSSR count). The highest BCUT2D eigenvalue weighted by Gasteiger charge is 2.28. The monoisotopic (exact) mass is 520 g/mol. The summed E-state index contributed by atoms with van der Waals surface area (Å²) in [6.45, 7) is 6.82. The minimum atomic E-state index is -0.175. The molecule has 0 bridgehead atoms. The second kappa shape index (κ2) is 11.6. The van der Waals surface area contributed by atoms with E-state index in [1.54, 1.807) is 6.07 Å². The number of nitrogens with zero attached hydrogens (tertiary/aromatic N) is 4. The topological polar surface area (TPSA) is 74.6 Å². The Balaban J connectivity index is 0.00000320. The number of benzene rings is 1. The number of amides is 1. The van der Waals surface area contributed by atoms with Crippen LogP contribution in [0.3, 0.4) is 0 Å². The maximum atomic E-state index is 12.4. The minimum Gasteiger partial charge on any atom is -0.357 e. The molecule has 1 aromatic heterocycles. The molecule has 2 heterocycles. The second-order valence-corrected chi connectivity index (χ2v) is 7.23. The Bertz CT molecular complexity index is 889. The Kier molecular flexibility index (Phi) is 9.17. The number of hydrogen-bond donors (Lipinski definition) is 2. The number of carbonyl (C=O) groups is 1. The van der Waals surface area contributed by atoms with Crippen molar-refractivity contribution in [3.05, 3.63) is 48.5 Å². The summed E-state index contributed by atoms with van der Waals surface area (Å²) in [7, 11) is 0. The van der Waals surface area contributed by atoms with Gasteiger partial charge in [0.25, 0.3) is 0 Å². The molecule has 1 fully saturated rings. The highest BCUT2D eigenvalue weighted by Crippen LogP contribution is 2.27. The maximum absolute atomic E-state index is 12.4. The van der Waals surface area contributed by atoms with Gasteiger partial charge in [0, 0.05) is 43.3 Å². The molecule has 1 aromatic carbocycles. The lowest BCUT2D eigenvalue weighted by molar-refractivity contribution is -0.114. The van der Waals surface area contributed by atoms with E-state index >= 15 is 0 Å². The van der Waals surface area contributed by atoms with Crippen molar-refractivity contribution in [3.8, 4) is 12.3 Å². The number of aromatic nitrogens is 2. The van der Waals surface area contributed by atoms with Gasteiger partial charge in [0.2, 0.25) is 5.91 Å². The number of anilines is 1. The maximum Gasteiger partial charge on any atom is 0.246 e. The van der Waals surface area contributed by atoms with Gasteiger partial charge in [0.1, 0.15) is 6.54 Å². The van der Waals surface area contributed by atoms with Crippen LogP contribution in [0, 0.1) is 18.3 Å². The van der Waals surface area contributed by atoms with Gasteiger partial charge in [0.15, 0.2) is 5.96 Å². The van der Waals surface area contributed by atoms with Crippen LogP contribution in [0.25, 0.3) is 0 Å². The SMILES string of the molecule is C#Cc1cccc(NC(=O)CN=C(NCC)N2CCC(C)C(n3ccnc3)C2)c1.I. The number of piperidine rings is 1. The van der Waals surface area contributed by atoms with E-state index in [0.717, 1.165) is 37.6 Å². The number of rotatable bonds is 5. The van der Waals surface area contributed by atoms with Crippen molar-refractivity contribution in [1.82, 2.24) is 19.8 Å². The van der Waals surface area contributed by atoms with E-state index in [0.29, 0.717) is 17.6 Å². The highest BCUT2D eigenvalue weighted by atomic mass is 127. The van der Waals surface area contributed by atoms with Crippen molar-refractivity contribution in [2.45, 2.75) is 26.3 Å². The Labute approximate surface area is 195 Å². The van der Waals surface area contributed by atoms with Crippen LogP contribution in [-0.2, 0) is 4.79 Å². The fourth-order valence-corrected chi connectivity index (χ4v) is 3.55. The van der Waals surface area contributed by atoms with Crippen LogP contribution in [0.2, 0.25) is 0 Å². The molecule has 0 aliphatic carbocycles. The molecule has 1 aliphatic heterocycles. The number of hydrogen-bond acceptors (Lipinski definition) is 3. The number of likely N-dealkylation sites (tertiary alicyclic amines) is 1. The smallest absolute Gasteiger partial charge is 0.246 e. The molecule has 0 radical (unpaired) electrons. The molecular weight excluding hydrogens is 491 g/mol. The number of guanidine groups is 1. The van der Waals surface area contributed by atoms with E-state index in [4.69, 9.17) is 6.42 Å². The summed E-state index contributed by atoms with van der Waals surface area (Å²) in [5.74, 6) is 3.71. The second-order valence-electron chi connectivity index (χ2n) is 7.23. The van der Waals surface area contributed by atoms with Gasteiger partial charge in [-0.1, -0.05) is 18.9 Å². The summed E-state index contributed by atoms with van der Waals surface area (Å²) in [5.41, 5.74) is 1.41. The lowest BCUT2D eigenvalue weighted by atomic mass is 9.93. The molecule has 1 amide bonds. The highest BCUT2D eigenvalue weighted by molar-refractivity contribution is 14.0. The van der Waals surface area contributed by atoms with Crippen molar-refractivity contribution in [3.63, 3.8) is 0 Å². The average molecular weight is 520 g/mol. The third kappa shape index (κ3) is 6.23. The predicted octanol–water partition coefficient (Wildman–Crippen LogP) is 2.97. The third-order valence-electron chi connectivity index (χ3n) is 5.15. The third-order valence-corrected chi connectivity index (χ3v) is 5.15. The van der Waals surface area contributed by atoms with Gasteiger partial charge in [-0.05, 0) is 37.5 Å².